The maximum atomic E-state index is 13.5. The largest absolute Gasteiger partial charge is 0.478 e. The van der Waals surface area contributed by atoms with Gasteiger partial charge in [-0.2, -0.15) is 0 Å². The van der Waals surface area contributed by atoms with Gasteiger partial charge in [-0.15, -0.1) is 0 Å². The smallest absolute Gasteiger partial charge is 0.338 e. The zero-order chi connectivity index (χ0) is 18.2. The van der Waals surface area contributed by atoms with Crippen LogP contribution in [-0.4, -0.2) is 19.5 Å². The van der Waals surface area contributed by atoms with Gasteiger partial charge in [-0.3, -0.25) is 4.72 Å². The van der Waals surface area contributed by atoms with Crippen LogP contribution in [0.5, 0.6) is 0 Å². The van der Waals surface area contributed by atoms with E-state index in [1.54, 1.807) is 13.0 Å². The van der Waals surface area contributed by atoms with Crippen molar-refractivity contribution in [3.8, 4) is 0 Å². The molecule has 25 heavy (non-hydrogen) atoms. The van der Waals surface area contributed by atoms with Gasteiger partial charge in [-0.25, -0.2) is 17.6 Å². The van der Waals surface area contributed by atoms with Crippen LogP contribution in [0.25, 0.3) is 0 Å². The maximum absolute atomic E-state index is 13.5. The predicted molar refractivity (Wildman–Crippen MR) is 92.0 cm³/mol. The third-order valence-electron chi connectivity index (χ3n) is 4.43. The number of sulfonamides is 1. The van der Waals surface area contributed by atoms with Crippen LogP contribution in [0.4, 0.5) is 10.1 Å². The number of aryl methyl sites for hydroxylation is 2. The van der Waals surface area contributed by atoms with Gasteiger partial charge >= 0.3 is 5.97 Å². The molecule has 132 valence electrons. The van der Waals surface area contributed by atoms with Crippen LogP contribution in [-0.2, 0) is 22.9 Å². The van der Waals surface area contributed by atoms with Gasteiger partial charge in [0.15, 0.2) is 0 Å². The number of benzene rings is 2. The van der Waals surface area contributed by atoms with Crippen molar-refractivity contribution in [1.29, 1.82) is 0 Å². The van der Waals surface area contributed by atoms with Crippen molar-refractivity contribution in [2.75, 3.05) is 4.72 Å². The minimum absolute atomic E-state index is 0.0109. The Morgan fingerprint density at radius 3 is 2.60 bits per heavy atom. The van der Waals surface area contributed by atoms with Crippen LogP contribution in [0.3, 0.4) is 0 Å². The second kappa shape index (κ2) is 6.48. The fourth-order valence-electron chi connectivity index (χ4n) is 3.22. The van der Waals surface area contributed by atoms with E-state index in [1.165, 1.54) is 18.2 Å². The molecule has 0 atom stereocenters. The highest BCUT2D eigenvalue weighted by Gasteiger charge is 2.25. The number of carbonyl (C=O) groups is 1. The van der Waals surface area contributed by atoms with E-state index in [0.29, 0.717) is 17.5 Å². The first-order valence-electron chi connectivity index (χ1n) is 7.96. The Labute approximate surface area is 145 Å². The zero-order valence-electron chi connectivity index (χ0n) is 13.7. The molecule has 3 rings (SSSR count). The molecule has 0 spiro atoms. The number of aromatic carboxylic acids is 1. The van der Waals surface area contributed by atoms with Gasteiger partial charge in [0.25, 0.3) is 10.0 Å². The van der Waals surface area contributed by atoms with Crippen molar-refractivity contribution in [2.45, 2.75) is 37.5 Å². The lowest BCUT2D eigenvalue weighted by atomic mass is 9.87. The molecular weight excluding hydrogens is 345 g/mol. The molecule has 2 N–H and O–H groups in total. The minimum atomic E-state index is -4.10. The summed E-state index contributed by atoms with van der Waals surface area (Å²) in [6.07, 6.45) is 3.24. The molecule has 0 saturated carbocycles. The average Bonchev–Trinajstić information content (AvgIpc) is 2.56. The fraction of sp³-hybridized carbons (Fsp3) is 0.278. The summed E-state index contributed by atoms with van der Waals surface area (Å²) in [4.78, 5) is 11.5. The van der Waals surface area contributed by atoms with Gasteiger partial charge in [0.05, 0.1) is 16.1 Å². The van der Waals surface area contributed by atoms with Crippen LogP contribution in [0.15, 0.2) is 35.2 Å². The highest BCUT2D eigenvalue weighted by Crippen LogP contribution is 2.31. The van der Waals surface area contributed by atoms with E-state index in [9.17, 15) is 22.7 Å². The zero-order valence-corrected chi connectivity index (χ0v) is 14.5. The van der Waals surface area contributed by atoms with E-state index in [2.05, 4.69) is 4.72 Å². The first kappa shape index (κ1) is 17.4. The summed E-state index contributed by atoms with van der Waals surface area (Å²) in [6, 6.07) is 6.71. The van der Waals surface area contributed by atoms with Crippen molar-refractivity contribution in [2.24, 2.45) is 0 Å². The molecule has 0 saturated heterocycles. The monoisotopic (exact) mass is 363 g/mol. The SMILES string of the molecule is Cc1ccc(F)cc1S(=O)(=O)Nc1ccc2c(c1C(=O)O)CCCC2. The number of hydrogen-bond donors (Lipinski definition) is 2. The predicted octanol–water partition coefficient (Wildman–Crippen LogP) is 3.51. The lowest BCUT2D eigenvalue weighted by Crippen LogP contribution is -2.19. The van der Waals surface area contributed by atoms with Crippen molar-refractivity contribution in [1.82, 2.24) is 0 Å². The van der Waals surface area contributed by atoms with Gasteiger partial charge in [-0.05, 0) is 67.5 Å². The molecule has 0 amide bonds. The molecule has 0 unspecified atom stereocenters. The highest BCUT2D eigenvalue weighted by atomic mass is 32.2. The Balaban J connectivity index is 2.08. The van der Waals surface area contributed by atoms with Crippen molar-refractivity contribution >= 4 is 21.7 Å². The molecule has 5 nitrogen and oxygen atoms in total. The molecule has 0 aromatic heterocycles. The fourth-order valence-corrected chi connectivity index (χ4v) is 4.55. The number of fused-ring (bicyclic) bond motifs is 1. The summed E-state index contributed by atoms with van der Waals surface area (Å²) in [5.41, 5.74) is 1.99. The molecule has 2 aromatic rings. The van der Waals surface area contributed by atoms with Crippen LogP contribution in [0.2, 0.25) is 0 Å². The number of hydrogen-bond acceptors (Lipinski definition) is 3. The summed E-state index contributed by atoms with van der Waals surface area (Å²) in [5.74, 6) is -1.85. The molecule has 1 aliphatic rings. The third kappa shape index (κ3) is 3.37. The van der Waals surface area contributed by atoms with E-state index in [0.717, 1.165) is 30.9 Å². The molecular formula is C18H18FNO4S. The normalized spacial score (nSPS) is 14.0. The maximum Gasteiger partial charge on any atom is 0.338 e. The van der Waals surface area contributed by atoms with E-state index in [1.807, 2.05) is 0 Å². The standard InChI is InChI=1S/C18H18FNO4S/c1-11-6-8-13(19)10-16(11)25(23,24)20-15-9-7-12-4-2-3-5-14(12)17(15)18(21)22/h6-10,20H,2-5H2,1H3,(H,21,22). The second-order valence-electron chi connectivity index (χ2n) is 6.15. The number of halogens is 1. The molecule has 0 heterocycles. The van der Waals surface area contributed by atoms with E-state index < -0.39 is 21.8 Å². The van der Waals surface area contributed by atoms with Crippen molar-refractivity contribution < 1.29 is 22.7 Å². The number of anilines is 1. The average molecular weight is 363 g/mol. The van der Waals surface area contributed by atoms with E-state index >= 15 is 0 Å². The van der Waals surface area contributed by atoms with Crippen LogP contribution in [0, 0.1) is 12.7 Å². The number of carboxylic acid groups (broad SMARTS) is 1. The van der Waals surface area contributed by atoms with Gasteiger partial charge in [-0.1, -0.05) is 12.1 Å². The first-order chi connectivity index (χ1) is 11.8. The Hall–Kier alpha value is -2.41. The summed E-state index contributed by atoms with van der Waals surface area (Å²) in [6.45, 7) is 1.55. The first-order valence-corrected chi connectivity index (χ1v) is 9.45. The topological polar surface area (TPSA) is 83.5 Å². The lowest BCUT2D eigenvalue weighted by molar-refractivity contribution is 0.0696. The van der Waals surface area contributed by atoms with Crippen LogP contribution >= 0.6 is 0 Å². The second-order valence-corrected chi connectivity index (χ2v) is 7.80. The minimum Gasteiger partial charge on any atom is -0.478 e. The molecule has 2 aromatic carbocycles. The van der Waals surface area contributed by atoms with Gasteiger partial charge in [0.2, 0.25) is 0 Å². The molecule has 7 heteroatoms. The van der Waals surface area contributed by atoms with E-state index in [-0.39, 0.29) is 16.1 Å². The molecule has 0 radical (unpaired) electrons. The number of rotatable bonds is 4. The van der Waals surface area contributed by atoms with Crippen molar-refractivity contribution in [3.05, 3.63) is 58.4 Å². The number of carboxylic acids is 1. The summed E-state index contributed by atoms with van der Waals surface area (Å²) < 4.78 is 41.1. The van der Waals surface area contributed by atoms with Gasteiger partial charge in [0, 0.05) is 0 Å². The summed E-state index contributed by atoms with van der Waals surface area (Å²) in [7, 11) is -4.10. The summed E-state index contributed by atoms with van der Waals surface area (Å²) in [5, 5.41) is 9.59. The number of nitrogens with one attached hydrogen (secondary N) is 1. The van der Waals surface area contributed by atoms with Crippen molar-refractivity contribution in [3.63, 3.8) is 0 Å². The Bertz CT molecular complexity index is 954. The third-order valence-corrected chi connectivity index (χ3v) is 5.94. The van der Waals surface area contributed by atoms with Gasteiger partial charge in [0.1, 0.15) is 5.82 Å². The Morgan fingerprint density at radius 2 is 1.88 bits per heavy atom. The van der Waals surface area contributed by atoms with Crippen LogP contribution < -0.4 is 4.72 Å². The molecule has 0 aliphatic heterocycles. The summed E-state index contributed by atoms with van der Waals surface area (Å²) >= 11 is 0. The highest BCUT2D eigenvalue weighted by molar-refractivity contribution is 7.92. The molecule has 0 fully saturated rings. The lowest BCUT2D eigenvalue weighted by Gasteiger charge is -2.21. The Kier molecular flexibility index (Phi) is 4.51. The Morgan fingerprint density at radius 1 is 1.16 bits per heavy atom. The quantitative estimate of drug-likeness (QED) is 0.871. The molecule has 0 bridgehead atoms. The molecule has 1 aliphatic carbocycles. The van der Waals surface area contributed by atoms with Crippen LogP contribution in [0.1, 0.15) is 39.9 Å². The van der Waals surface area contributed by atoms with E-state index in [4.69, 9.17) is 0 Å². The van der Waals surface area contributed by atoms with Gasteiger partial charge < -0.3 is 5.11 Å².